The van der Waals surface area contributed by atoms with Crippen molar-refractivity contribution in [3.63, 3.8) is 0 Å². The molecule has 1 amide bonds. The van der Waals surface area contributed by atoms with Gasteiger partial charge in [0.25, 0.3) is 11.7 Å². The Morgan fingerprint density at radius 3 is 2.27 bits per heavy atom. The van der Waals surface area contributed by atoms with Crippen LogP contribution in [-0.2, 0) is 20.1 Å². The number of nitrogens with zero attached hydrogens (tertiary/aromatic N) is 3. The number of hydrogen-bond acceptors (Lipinski definition) is 6. The van der Waals surface area contributed by atoms with Crippen LogP contribution in [0, 0.1) is 0 Å². The number of rotatable bonds is 4. The van der Waals surface area contributed by atoms with Gasteiger partial charge in [-0.25, -0.2) is 0 Å². The van der Waals surface area contributed by atoms with Crippen LogP contribution in [0.5, 0.6) is 5.75 Å². The van der Waals surface area contributed by atoms with Crippen LogP contribution in [-0.4, -0.2) is 63.0 Å². The van der Waals surface area contributed by atoms with E-state index in [-0.39, 0.29) is 18.1 Å². The molecule has 33 heavy (non-hydrogen) atoms. The molecule has 174 valence electrons. The van der Waals surface area contributed by atoms with Gasteiger partial charge in [0.15, 0.2) is 0 Å². The number of amides is 1. The molecule has 0 N–H and O–H groups in total. The number of anilines is 2. The normalized spacial score (nSPS) is 29.4. The minimum atomic E-state index is -1.26. The maximum absolute atomic E-state index is 13.8. The summed E-state index contributed by atoms with van der Waals surface area (Å²) in [6, 6.07) is 16.2. The van der Waals surface area contributed by atoms with Crippen molar-refractivity contribution in [2.24, 2.45) is 0 Å². The third kappa shape index (κ3) is 3.50. The van der Waals surface area contributed by atoms with Crippen LogP contribution >= 0.6 is 0 Å². The number of para-hydroxylation sites is 1. The molecule has 1 saturated carbocycles. The standard InChI is InChI=1S/C26H31N3O4/c1-31-20-12-10-19(11-13-20)28-16-14-27(15-17-28)18-29-22-7-3-2-6-21(22)26(25(29)30)32-23-8-4-5-9-24(23)33-26/h2-3,6-7,10-13,23-24H,4-5,8-9,14-18H2,1H3. The molecule has 3 heterocycles. The second kappa shape index (κ2) is 8.31. The number of carbonyl (C=O) groups is 1. The van der Waals surface area contributed by atoms with Gasteiger partial charge in [0, 0.05) is 37.4 Å². The van der Waals surface area contributed by atoms with Crippen LogP contribution < -0.4 is 14.5 Å². The fourth-order valence-corrected chi connectivity index (χ4v) is 5.68. The summed E-state index contributed by atoms with van der Waals surface area (Å²) < 4.78 is 18.1. The van der Waals surface area contributed by atoms with Gasteiger partial charge in [0.05, 0.1) is 31.7 Å². The summed E-state index contributed by atoms with van der Waals surface area (Å²) in [5.41, 5.74) is 2.98. The fraction of sp³-hybridized carbons (Fsp3) is 0.500. The molecule has 7 nitrogen and oxygen atoms in total. The van der Waals surface area contributed by atoms with Crippen molar-refractivity contribution in [3.05, 3.63) is 54.1 Å². The molecular formula is C26H31N3O4. The van der Waals surface area contributed by atoms with Crippen molar-refractivity contribution in [3.8, 4) is 5.75 Å². The summed E-state index contributed by atoms with van der Waals surface area (Å²) in [4.78, 5) is 20.4. The van der Waals surface area contributed by atoms with Crippen LogP contribution in [0.3, 0.4) is 0 Å². The molecule has 2 aromatic carbocycles. The van der Waals surface area contributed by atoms with Crippen molar-refractivity contribution in [1.29, 1.82) is 0 Å². The van der Waals surface area contributed by atoms with Gasteiger partial charge in [0.1, 0.15) is 5.75 Å². The average Bonchev–Trinajstić information content (AvgIpc) is 3.37. The van der Waals surface area contributed by atoms with Crippen molar-refractivity contribution in [2.75, 3.05) is 49.8 Å². The number of methoxy groups -OCH3 is 1. The molecular weight excluding hydrogens is 418 g/mol. The Labute approximate surface area is 194 Å². The number of benzene rings is 2. The predicted molar refractivity (Wildman–Crippen MR) is 125 cm³/mol. The zero-order valence-corrected chi connectivity index (χ0v) is 19.1. The molecule has 2 atom stereocenters. The molecule has 2 saturated heterocycles. The van der Waals surface area contributed by atoms with Gasteiger partial charge >= 0.3 is 0 Å². The van der Waals surface area contributed by atoms with Crippen LogP contribution in [0.2, 0.25) is 0 Å². The van der Waals surface area contributed by atoms with Crippen molar-refractivity contribution in [1.82, 2.24) is 4.90 Å². The molecule has 2 aromatic rings. The molecule has 1 aliphatic carbocycles. The number of fused-ring (bicyclic) bond motifs is 3. The molecule has 3 aliphatic heterocycles. The Morgan fingerprint density at radius 2 is 1.61 bits per heavy atom. The van der Waals surface area contributed by atoms with Crippen LogP contribution in [0.15, 0.2) is 48.5 Å². The summed E-state index contributed by atoms with van der Waals surface area (Å²) in [6.45, 7) is 4.16. The van der Waals surface area contributed by atoms with Gasteiger partial charge in [-0.05, 0) is 43.2 Å². The van der Waals surface area contributed by atoms with E-state index >= 15 is 0 Å². The SMILES string of the molecule is COc1ccc(N2CCN(CN3C(=O)C4(OC5CCCCC5O4)c4ccccc43)CC2)cc1. The summed E-state index contributed by atoms with van der Waals surface area (Å²) in [7, 11) is 1.69. The third-order valence-electron chi connectivity index (χ3n) is 7.50. The van der Waals surface area contributed by atoms with E-state index in [1.165, 1.54) is 5.69 Å². The zero-order valence-electron chi connectivity index (χ0n) is 19.1. The zero-order chi connectivity index (χ0) is 22.4. The summed E-state index contributed by atoms with van der Waals surface area (Å²) in [5, 5.41) is 0. The number of ether oxygens (including phenoxy) is 3. The maximum Gasteiger partial charge on any atom is 0.293 e. The first-order valence-corrected chi connectivity index (χ1v) is 12.1. The molecule has 0 bridgehead atoms. The molecule has 0 aromatic heterocycles. The minimum absolute atomic E-state index is 0.0174. The predicted octanol–water partition coefficient (Wildman–Crippen LogP) is 3.33. The lowest BCUT2D eigenvalue weighted by molar-refractivity contribution is -0.190. The molecule has 1 spiro atoms. The largest absolute Gasteiger partial charge is 0.497 e. The van der Waals surface area contributed by atoms with Gasteiger partial charge in [0.2, 0.25) is 0 Å². The summed E-state index contributed by atoms with van der Waals surface area (Å²) in [5.74, 6) is -0.467. The Hall–Kier alpha value is -2.61. The highest BCUT2D eigenvalue weighted by molar-refractivity contribution is 6.06. The van der Waals surface area contributed by atoms with E-state index in [1.807, 2.05) is 41.3 Å². The monoisotopic (exact) mass is 449 g/mol. The summed E-state index contributed by atoms with van der Waals surface area (Å²) >= 11 is 0. The van der Waals surface area contributed by atoms with Gasteiger partial charge in [-0.1, -0.05) is 31.0 Å². The van der Waals surface area contributed by atoms with E-state index in [2.05, 4.69) is 21.9 Å². The molecule has 3 fully saturated rings. The van der Waals surface area contributed by atoms with E-state index in [0.717, 1.165) is 68.9 Å². The first-order valence-electron chi connectivity index (χ1n) is 12.1. The second-order valence-electron chi connectivity index (χ2n) is 9.41. The van der Waals surface area contributed by atoms with E-state index in [0.29, 0.717) is 6.67 Å². The molecule has 6 rings (SSSR count). The first kappa shape index (κ1) is 21.0. The van der Waals surface area contributed by atoms with Gasteiger partial charge in [-0.3, -0.25) is 14.6 Å². The highest BCUT2D eigenvalue weighted by Gasteiger charge is 2.61. The van der Waals surface area contributed by atoms with Gasteiger partial charge in [-0.2, -0.15) is 0 Å². The quantitative estimate of drug-likeness (QED) is 0.714. The second-order valence-corrected chi connectivity index (χ2v) is 9.41. The number of carbonyl (C=O) groups excluding carboxylic acids is 1. The average molecular weight is 450 g/mol. The van der Waals surface area contributed by atoms with E-state index in [1.54, 1.807) is 7.11 Å². The Morgan fingerprint density at radius 1 is 0.939 bits per heavy atom. The highest BCUT2D eigenvalue weighted by Crippen LogP contribution is 2.51. The Bertz CT molecular complexity index is 1000. The minimum Gasteiger partial charge on any atom is -0.497 e. The van der Waals surface area contributed by atoms with Gasteiger partial charge in [-0.15, -0.1) is 0 Å². The van der Waals surface area contributed by atoms with Crippen LogP contribution in [0.1, 0.15) is 31.2 Å². The Kier molecular flexibility index (Phi) is 5.28. The first-order chi connectivity index (χ1) is 16.2. The smallest absolute Gasteiger partial charge is 0.293 e. The molecule has 0 radical (unpaired) electrons. The van der Waals surface area contributed by atoms with Gasteiger partial charge < -0.3 is 19.1 Å². The third-order valence-corrected chi connectivity index (χ3v) is 7.50. The van der Waals surface area contributed by atoms with E-state index in [9.17, 15) is 4.79 Å². The molecule has 2 unspecified atom stereocenters. The molecule has 4 aliphatic rings. The van der Waals surface area contributed by atoms with Crippen LogP contribution in [0.4, 0.5) is 11.4 Å². The number of hydrogen-bond donors (Lipinski definition) is 0. The van der Waals surface area contributed by atoms with Crippen molar-refractivity contribution < 1.29 is 19.0 Å². The fourth-order valence-electron chi connectivity index (χ4n) is 5.68. The topological polar surface area (TPSA) is 54.5 Å². The number of piperazine rings is 1. The van der Waals surface area contributed by atoms with Crippen molar-refractivity contribution >= 4 is 17.3 Å². The summed E-state index contributed by atoms with van der Waals surface area (Å²) in [6.07, 6.45) is 4.24. The highest BCUT2D eigenvalue weighted by atomic mass is 16.8. The van der Waals surface area contributed by atoms with Crippen LogP contribution in [0.25, 0.3) is 0 Å². The lowest BCUT2D eigenvalue weighted by atomic mass is 9.95. The van der Waals surface area contributed by atoms with Crippen molar-refractivity contribution in [2.45, 2.75) is 43.7 Å². The molecule has 7 heteroatoms. The lowest BCUT2D eigenvalue weighted by Crippen LogP contribution is -2.52. The maximum atomic E-state index is 13.8. The Balaban J connectivity index is 1.17. The van der Waals surface area contributed by atoms with E-state index in [4.69, 9.17) is 14.2 Å². The lowest BCUT2D eigenvalue weighted by Gasteiger charge is -2.38. The van der Waals surface area contributed by atoms with E-state index < -0.39 is 5.79 Å².